The van der Waals surface area contributed by atoms with Crippen LogP contribution in [0, 0.1) is 18.6 Å². The number of anilines is 1. The largest absolute Gasteiger partial charge is 0.371 e. The van der Waals surface area contributed by atoms with Gasteiger partial charge in [-0.05, 0) is 31.0 Å². The van der Waals surface area contributed by atoms with E-state index in [4.69, 9.17) is 4.74 Å². The van der Waals surface area contributed by atoms with Crippen molar-refractivity contribution >= 4 is 5.82 Å². The molecule has 0 radical (unpaired) electrons. The molecule has 3 heterocycles. The Morgan fingerprint density at radius 3 is 2.88 bits per heavy atom. The molecule has 6 nitrogen and oxygen atoms in total. The third-order valence-electron chi connectivity index (χ3n) is 4.39. The minimum absolute atomic E-state index is 0.117. The van der Waals surface area contributed by atoms with Crippen molar-refractivity contribution in [1.82, 2.24) is 19.5 Å². The SMILES string of the molecule is Cc1nccn1-c1cncc(NC2CCOC2c2ccc(F)c(F)c2)n1. The standard InChI is InChI=1S/C18H17F2N5O/c1-11-22-5-6-25(11)17-10-21-9-16(24-17)23-15-4-7-26-18(15)12-2-3-13(19)14(20)8-12/h2-3,5-6,8-10,15,18H,4,7H2,1H3,(H,23,24). The van der Waals surface area contributed by atoms with Gasteiger partial charge >= 0.3 is 0 Å². The quantitative estimate of drug-likeness (QED) is 0.777. The van der Waals surface area contributed by atoms with E-state index in [-0.39, 0.29) is 12.1 Å². The molecule has 0 saturated carbocycles. The Balaban J connectivity index is 1.56. The molecule has 0 aliphatic carbocycles. The predicted octanol–water partition coefficient (Wildman–Crippen LogP) is 3.19. The lowest BCUT2D eigenvalue weighted by Crippen LogP contribution is -2.24. The Morgan fingerprint density at radius 1 is 1.23 bits per heavy atom. The molecule has 1 N–H and O–H groups in total. The van der Waals surface area contributed by atoms with Gasteiger partial charge in [-0.1, -0.05) is 6.07 Å². The summed E-state index contributed by atoms with van der Waals surface area (Å²) in [4.78, 5) is 13.0. The van der Waals surface area contributed by atoms with Gasteiger partial charge in [0.1, 0.15) is 17.7 Å². The van der Waals surface area contributed by atoms with Crippen molar-refractivity contribution in [2.45, 2.75) is 25.5 Å². The van der Waals surface area contributed by atoms with Gasteiger partial charge in [0, 0.05) is 19.0 Å². The number of aromatic nitrogens is 4. The van der Waals surface area contributed by atoms with Gasteiger partial charge in [-0.2, -0.15) is 0 Å². The second-order valence-corrected chi connectivity index (χ2v) is 6.11. The highest BCUT2D eigenvalue weighted by atomic mass is 19.2. The van der Waals surface area contributed by atoms with E-state index in [9.17, 15) is 8.78 Å². The van der Waals surface area contributed by atoms with Crippen LogP contribution in [0.2, 0.25) is 0 Å². The second-order valence-electron chi connectivity index (χ2n) is 6.11. The van der Waals surface area contributed by atoms with Crippen LogP contribution in [-0.4, -0.2) is 32.2 Å². The Hall–Kier alpha value is -2.87. The summed E-state index contributed by atoms with van der Waals surface area (Å²) >= 11 is 0. The van der Waals surface area contributed by atoms with E-state index in [1.165, 1.54) is 6.07 Å². The molecule has 1 aliphatic rings. The van der Waals surface area contributed by atoms with Crippen molar-refractivity contribution in [3.8, 4) is 5.82 Å². The fourth-order valence-corrected chi connectivity index (χ4v) is 3.11. The minimum Gasteiger partial charge on any atom is -0.371 e. The molecule has 0 amide bonds. The Morgan fingerprint density at radius 2 is 2.12 bits per heavy atom. The van der Waals surface area contributed by atoms with Crippen LogP contribution in [0.3, 0.4) is 0 Å². The first-order chi connectivity index (χ1) is 12.6. The summed E-state index contributed by atoms with van der Waals surface area (Å²) in [6.07, 6.45) is 7.12. The third-order valence-corrected chi connectivity index (χ3v) is 4.39. The first kappa shape index (κ1) is 16.6. The zero-order chi connectivity index (χ0) is 18.1. The lowest BCUT2D eigenvalue weighted by molar-refractivity contribution is 0.107. The summed E-state index contributed by atoms with van der Waals surface area (Å²) < 4.78 is 34.3. The smallest absolute Gasteiger partial charge is 0.159 e. The topological polar surface area (TPSA) is 64.9 Å². The highest BCUT2D eigenvalue weighted by Crippen LogP contribution is 2.32. The number of hydrogen-bond acceptors (Lipinski definition) is 5. The van der Waals surface area contributed by atoms with Gasteiger partial charge < -0.3 is 10.1 Å². The van der Waals surface area contributed by atoms with Gasteiger partial charge in [0.25, 0.3) is 0 Å². The summed E-state index contributed by atoms with van der Waals surface area (Å²) in [5.41, 5.74) is 0.591. The van der Waals surface area contributed by atoms with Gasteiger partial charge in [-0.3, -0.25) is 9.55 Å². The van der Waals surface area contributed by atoms with Crippen LogP contribution in [0.15, 0.2) is 43.0 Å². The summed E-state index contributed by atoms with van der Waals surface area (Å²) in [5, 5.41) is 3.30. The fraction of sp³-hybridized carbons (Fsp3) is 0.278. The Kier molecular flexibility index (Phi) is 4.34. The van der Waals surface area contributed by atoms with Crippen LogP contribution in [0.25, 0.3) is 5.82 Å². The third kappa shape index (κ3) is 3.15. The molecule has 2 aromatic heterocycles. The number of rotatable bonds is 4. The molecule has 8 heteroatoms. The molecule has 1 aliphatic heterocycles. The van der Waals surface area contributed by atoms with Crippen molar-refractivity contribution in [3.63, 3.8) is 0 Å². The van der Waals surface area contributed by atoms with Gasteiger partial charge in [-0.25, -0.2) is 18.7 Å². The molecule has 3 aromatic rings. The number of hydrogen-bond donors (Lipinski definition) is 1. The summed E-state index contributed by atoms with van der Waals surface area (Å²) in [6.45, 7) is 2.40. The normalized spacial score (nSPS) is 19.7. The van der Waals surface area contributed by atoms with Crippen molar-refractivity contribution in [2.75, 3.05) is 11.9 Å². The van der Waals surface area contributed by atoms with Gasteiger partial charge in [0.2, 0.25) is 0 Å². The molecular formula is C18H17F2N5O. The van der Waals surface area contributed by atoms with Crippen LogP contribution in [-0.2, 0) is 4.74 Å². The maximum absolute atomic E-state index is 13.6. The van der Waals surface area contributed by atoms with Gasteiger partial charge in [-0.15, -0.1) is 0 Å². The van der Waals surface area contributed by atoms with Crippen LogP contribution in [0.5, 0.6) is 0 Å². The lowest BCUT2D eigenvalue weighted by Gasteiger charge is -2.21. The number of nitrogens with one attached hydrogen (secondary N) is 1. The molecule has 134 valence electrons. The molecule has 4 rings (SSSR count). The van der Waals surface area contributed by atoms with Crippen molar-refractivity contribution in [1.29, 1.82) is 0 Å². The van der Waals surface area contributed by atoms with Crippen molar-refractivity contribution in [2.24, 2.45) is 0 Å². The molecule has 0 bridgehead atoms. The lowest BCUT2D eigenvalue weighted by atomic mass is 10.0. The molecule has 2 unspecified atom stereocenters. The van der Waals surface area contributed by atoms with Crippen LogP contribution in [0.1, 0.15) is 23.9 Å². The van der Waals surface area contributed by atoms with Crippen LogP contribution in [0.4, 0.5) is 14.6 Å². The molecule has 2 atom stereocenters. The number of halogens is 2. The first-order valence-corrected chi connectivity index (χ1v) is 8.27. The number of ether oxygens (including phenoxy) is 1. The second kappa shape index (κ2) is 6.80. The van der Waals surface area contributed by atoms with Crippen molar-refractivity contribution in [3.05, 3.63) is 66.0 Å². The highest BCUT2D eigenvalue weighted by Gasteiger charge is 2.30. The van der Waals surface area contributed by atoms with E-state index >= 15 is 0 Å². The monoisotopic (exact) mass is 357 g/mol. The number of imidazole rings is 1. The first-order valence-electron chi connectivity index (χ1n) is 8.27. The Labute approximate surface area is 148 Å². The van der Waals surface area contributed by atoms with Crippen LogP contribution < -0.4 is 5.32 Å². The van der Waals surface area contributed by atoms with E-state index in [0.29, 0.717) is 23.8 Å². The van der Waals surface area contributed by atoms with Gasteiger partial charge in [0.05, 0.1) is 18.4 Å². The van der Waals surface area contributed by atoms with E-state index in [2.05, 4.69) is 20.3 Å². The zero-order valence-corrected chi connectivity index (χ0v) is 14.1. The molecule has 1 saturated heterocycles. The molecule has 0 spiro atoms. The minimum atomic E-state index is -0.880. The van der Waals surface area contributed by atoms with Crippen molar-refractivity contribution < 1.29 is 13.5 Å². The average Bonchev–Trinajstić information content (AvgIpc) is 3.26. The average molecular weight is 357 g/mol. The van der Waals surface area contributed by atoms with E-state index in [1.54, 1.807) is 24.7 Å². The summed E-state index contributed by atoms with van der Waals surface area (Å²) in [7, 11) is 0. The van der Waals surface area contributed by atoms with Crippen LogP contribution >= 0.6 is 0 Å². The number of benzene rings is 1. The molecule has 1 aromatic carbocycles. The molecule has 26 heavy (non-hydrogen) atoms. The Bertz CT molecular complexity index is 929. The number of aryl methyl sites for hydroxylation is 1. The van der Waals surface area contributed by atoms with E-state index < -0.39 is 11.6 Å². The number of nitrogens with zero attached hydrogens (tertiary/aromatic N) is 4. The highest BCUT2D eigenvalue weighted by molar-refractivity contribution is 5.39. The summed E-state index contributed by atoms with van der Waals surface area (Å²) in [5.74, 6) is 0.284. The molecular weight excluding hydrogens is 340 g/mol. The van der Waals surface area contributed by atoms with E-state index in [0.717, 1.165) is 18.3 Å². The zero-order valence-electron chi connectivity index (χ0n) is 14.1. The maximum atomic E-state index is 13.6. The van der Waals surface area contributed by atoms with Gasteiger partial charge in [0.15, 0.2) is 17.5 Å². The fourth-order valence-electron chi connectivity index (χ4n) is 3.11. The molecule has 1 fully saturated rings. The van der Waals surface area contributed by atoms with E-state index in [1.807, 2.05) is 17.7 Å². The maximum Gasteiger partial charge on any atom is 0.159 e. The predicted molar refractivity (Wildman–Crippen MR) is 91.0 cm³/mol. The summed E-state index contributed by atoms with van der Waals surface area (Å²) in [6, 6.07) is 3.72.